The quantitative estimate of drug-likeness (QED) is 0.773. The van der Waals surface area contributed by atoms with Gasteiger partial charge in [0.25, 0.3) is 5.56 Å². The molecule has 7 heteroatoms. The lowest BCUT2D eigenvalue weighted by molar-refractivity contribution is 0.516. The van der Waals surface area contributed by atoms with Crippen molar-refractivity contribution in [1.29, 1.82) is 0 Å². The maximum atomic E-state index is 12.0. The first kappa shape index (κ1) is 13.1. The third-order valence-corrected chi connectivity index (χ3v) is 4.02. The molecule has 1 aliphatic rings. The van der Waals surface area contributed by atoms with Crippen LogP contribution in [0.25, 0.3) is 11.2 Å². The van der Waals surface area contributed by atoms with E-state index in [9.17, 15) is 9.59 Å². The maximum Gasteiger partial charge on any atom is 0.330 e. The second kappa shape index (κ2) is 4.90. The van der Waals surface area contributed by atoms with E-state index in [4.69, 9.17) is 0 Å². The fraction of sp³-hybridized carbons (Fsp3) is 0.615. The van der Waals surface area contributed by atoms with E-state index in [2.05, 4.69) is 20.3 Å². The molecule has 0 bridgehead atoms. The zero-order valence-corrected chi connectivity index (χ0v) is 11.7. The van der Waals surface area contributed by atoms with Crippen LogP contribution >= 0.6 is 0 Å². The number of fused-ring (bicyclic) bond motifs is 1. The van der Waals surface area contributed by atoms with Crippen LogP contribution < -0.4 is 16.6 Å². The van der Waals surface area contributed by atoms with Gasteiger partial charge in [-0.1, -0.05) is 6.92 Å². The number of rotatable bonds is 3. The summed E-state index contributed by atoms with van der Waals surface area (Å²) in [4.78, 5) is 33.9. The van der Waals surface area contributed by atoms with Crippen LogP contribution in [0.15, 0.2) is 9.59 Å². The number of imidazole rings is 1. The van der Waals surface area contributed by atoms with Crippen LogP contribution in [-0.4, -0.2) is 26.1 Å². The van der Waals surface area contributed by atoms with Crippen molar-refractivity contribution in [2.45, 2.75) is 45.2 Å². The van der Waals surface area contributed by atoms with Gasteiger partial charge in [-0.05, 0) is 32.7 Å². The van der Waals surface area contributed by atoms with Crippen LogP contribution in [0, 0.1) is 0 Å². The Bertz CT molecular complexity index is 735. The molecule has 2 aromatic heterocycles. The Morgan fingerprint density at radius 1 is 1.40 bits per heavy atom. The second-order valence-corrected chi connectivity index (χ2v) is 5.36. The molecule has 1 saturated heterocycles. The topological polar surface area (TPSA) is 95.6 Å². The number of nitrogens with zero attached hydrogens (tertiary/aromatic N) is 2. The van der Waals surface area contributed by atoms with Crippen LogP contribution in [0.5, 0.6) is 0 Å². The molecule has 2 atom stereocenters. The van der Waals surface area contributed by atoms with Crippen molar-refractivity contribution in [2.75, 3.05) is 6.54 Å². The van der Waals surface area contributed by atoms with Crippen LogP contribution in [-0.2, 0) is 0 Å². The van der Waals surface area contributed by atoms with Gasteiger partial charge < -0.3 is 10.3 Å². The van der Waals surface area contributed by atoms with Crippen molar-refractivity contribution in [3.8, 4) is 0 Å². The first-order valence-corrected chi connectivity index (χ1v) is 7.09. The molecule has 0 aromatic carbocycles. The van der Waals surface area contributed by atoms with Gasteiger partial charge in [-0.15, -0.1) is 0 Å². The van der Waals surface area contributed by atoms with Gasteiger partial charge in [0, 0.05) is 6.04 Å². The summed E-state index contributed by atoms with van der Waals surface area (Å²) in [5.41, 5.74) is 0.0426. The van der Waals surface area contributed by atoms with Gasteiger partial charge in [0.1, 0.15) is 11.3 Å². The standard InChI is InChI=1S/C13H19N5O2/c1-3-7(2)18-11-9(12(19)17-13(18)20)15-10(16-11)8-5-4-6-14-8/h7-8,14H,3-6H2,1-2H3,(H,15,16)(H,17,19,20). The minimum atomic E-state index is -0.402. The molecular formula is C13H19N5O2. The van der Waals surface area contributed by atoms with Gasteiger partial charge in [-0.3, -0.25) is 14.3 Å². The summed E-state index contributed by atoms with van der Waals surface area (Å²) >= 11 is 0. The van der Waals surface area contributed by atoms with Gasteiger partial charge in [-0.25, -0.2) is 9.78 Å². The van der Waals surface area contributed by atoms with Crippen LogP contribution in [0.3, 0.4) is 0 Å². The van der Waals surface area contributed by atoms with E-state index in [-0.39, 0.29) is 12.1 Å². The molecule has 0 aliphatic carbocycles. The van der Waals surface area contributed by atoms with Gasteiger partial charge in [0.05, 0.1) is 6.04 Å². The zero-order chi connectivity index (χ0) is 14.3. The van der Waals surface area contributed by atoms with Crippen molar-refractivity contribution >= 4 is 11.2 Å². The minimum absolute atomic E-state index is 0.00506. The van der Waals surface area contributed by atoms with Crippen molar-refractivity contribution in [2.24, 2.45) is 0 Å². The third kappa shape index (κ3) is 1.98. The zero-order valence-electron chi connectivity index (χ0n) is 11.7. The molecule has 108 valence electrons. The molecule has 0 radical (unpaired) electrons. The highest BCUT2D eigenvalue weighted by molar-refractivity contribution is 5.70. The number of hydrogen-bond acceptors (Lipinski definition) is 4. The van der Waals surface area contributed by atoms with Gasteiger partial charge in [0.2, 0.25) is 0 Å². The average Bonchev–Trinajstić information content (AvgIpc) is 3.06. The second-order valence-electron chi connectivity index (χ2n) is 5.36. The van der Waals surface area contributed by atoms with E-state index in [0.717, 1.165) is 31.6 Å². The predicted octanol–water partition coefficient (Wildman–Crippen LogP) is 0.808. The average molecular weight is 277 g/mol. The molecule has 2 unspecified atom stereocenters. The first-order chi connectivity index (χ1) is 9.61. The Balaban J connectivity index is 2.23. The molecule has 20 heavy (non-hydrogen) atoms. The monoisotopic (exact) mass is 277 g/mol. The summed E-state index contributed by atoms with van der Waals surface area (Å²) in [6, 6.07) is 0.136. The Labute approximate surface area is 115 Å². The van der Waals surface area contributed by atoms with Crippen LogP contribution in [0.1, 0.15) is 51.0 Å². The number of H-pyrrole nitrogens is 2. The Kier molecular flexibility index (Phi) is 3.21. The minimum Gasteiger partial charge on any atom is -0.335 e. The Morgan fingerprint density at radius 2 is 2.20 bits per heavy atom. The van der Waals surface area contributed by atoms with Crippen LogP contribution in [0.4, 0.5) is 0 Å². The van der Waals surface area contributed by atoms with Crippen molar-refractivity contribution in [3.63, 3.8) is 0 Å². The highest BCUT2D eigenvalue weighted by Gasteiger charge is 2.22. The van der Waals surface area contributed by atoms with Crippen molar-refractivity contribution in [1.82, 2.24) is 24.8 Å². The summed E-state index contributed by atoms with van der Waals surface area (Å²) in [6.07, 6.45) is 2.88. The molecule has 1 aliphatic heterocycles. The molecule has 3 N–H and O–H groups in total. The number of hydrogen-bond donors (Lipinski definition) is 3. The van der Waals surface area contributed by atoms with E-state index in [1.807, 2.05) is 13.8 Å². The van der Waals surface area contributed by atoms with Gasteiger partial charge >= 0.3 is 5.69 Å². The van der Waals surface area contributed by atoms with E-state index >= 15 is 0 Å². The highest BCUT2D eigenvalue weighted by atomic mass is 16.2. The lowest BCUT2D eigenvalue weighted by atomic mass is 10.2. The lowest BCUT2D eigenvalue weighted by Gasteiger charge is -2.12. The first-order valence-electron chi connectivity index (χ1n) is 7.09. The van der Waals surface area contributed by atoms with E-state index in [0.29, 0.717) is 11.2 Å². The summed E-state index contributed by atoms with van der Waals surface area (Å²) in [5.74, 6) is 0.741. The number of aromatic amines is 2. The highest BCUT2D eigenvalue weighted by Crippen LogP contribution is 2.22. The number of nitrogens with one attached hydrogen (secondary N) is 3. The normalized spacial score (nSPS) is 20.6. The molecule has 0 spiro atoms. The molecule has 1 fully saturated rings. The smallest absolute Gasteiger partial charge is 0.330 e. The SMILES string of the molecule is CCC(C)n1c(=O)[nH]c(=O)c2[nH]c(C3CCCN3)nc21. The molecule has 3 heterocycles. The Hall–Kier alpha value is -1.89. The number of aromatic nitrogens is 4. The van der Waals surface area contributed by atoms with E-state index < -0.39 is 11.2 Å². The summed E-state index contributed by atoms with van der Waals surface area (Å²) in [7, 11) is 0. The predicted molar refractivity (Wildman–Crippen MR) is 76.0 cm³/mol. The molecule has 7 nitrogen and oxygen atoms in total. The third-order valence-electron chi connectivity index (χ3n) is 4.02. The fourth-order valence-corrected chi connectivity index (χ4v) is 2.71. The largest absolute Gasteiger partial charge is 0.335 e. The van der Waals surface area contributed by atoms with E-state index in [1.165, 1.54) is 0 Å². The van der Waals surface area contributed by atoms with Crippen LogP contribution in [0.2, 0.25) is 0 Å². The lowest BCUT2D eigenvalue weighted by Crippen LogP contribution is -2.32. The molecule has 0 saturated carbocycles. The van der Waals surface area contributed by atoms with Crippen molar-refractivity contribution < 1.29 is 0 Å². The van der Waals surface area contributed by atoms with E-state index in [1.54, 1.807) is 4.57 Å². The summed E-state index contributed by atoms with van der Waals surface area (Å²) in [6.45, 7) is 4.90. The molecule has 0 amide bonds. The van der Waals surface area contributed by atoms with Gasteiger partial charge in [-0.2, -0.15) is 0 Å². The summed E-state index contributed by atoms with van der Waals surface area (Å²) < 4.78 is 1.56. The molecule has 2 aromatic rings. The fourth-order valence-electron chi connectivity index (χ4n) is 2.71. The van der Waals surface area contributed by atoms with Crippen molar-refractivity contribution in [3.05, 3.63) is 26.7 Å². The molecule has 3 rings (SSSR count). The maximum absolute atomic E-state index is 12.0. The Morgan fingerprint density at radius 3 is 2.85 bits per heavy atom. The molecular weight excluding hydrogens is 258 g/mol. The summed E-state index contributed by atoms with van der Waals surface area (Å²) in [5, 5.41) is 3.34. The van der Waals surface area contributed by atoms with Gasteiger partial charge in [0.15, 0.2) is 5.65 Å².